The predicted octanol–water partition coefficient (Wildman–Crippen LogP) is 4.45. The zero-order chi connectivity index (χ0) is 20.1. The van der Waals surface area contributed by atoms with Crippen LogP contribution >= 0.6 is 23.1 Å². The third kappa shape index (κ3) is 4.87. The van der Waals surface area contributed by atoms with E-state index in [4.69, 9.17) is 4.74 Å². The van der Waals surface area contributed by atoms with Crippen LogP contribution in [-0.4, -0.2) is 22.9 Å². The molecular formula is C19H17N3O4S2. The van der Waals surface area contributed by atoms with Crippen LogP contribution in [-0.2, 0) is 6.54 Å². The van der Waals surface area contributed by atoms with Gasteiger partial charge < -0.3 is 10.1 Å². The van der Waals surface area contributed by atoms with Crippen molar-refractivity contribution in [2.45, 2.75) is 22.7 Å². The second-order valence-electron chi connectivity index (χ2n) is 5.83. The number of aromatic nitrogens is 1. The Morgan fingerprint density at radius 1 is 1.32 bits per heavy atom. The second kappa shape index (κ2) is 8.85. The van der Waals surface area contributed by atoms with Gasteiger partial charge in [0.05, 0.1) is 16.9 Å². The highest BCUT2D eigenvalue weighted by Gasteiger charge is 2.19. The second-order valence-corrected chi connectivity index (χ2v) is 7.98. The molecule has 1 aromatic heterocycles. The molecule has 0 aliphatic rings. The summed E-state index contributed by atoms with van der Waals surface area (Å²) in [6.07, 6.45) is 0. The van der Waals surface area contributed by atoms with Gasteiger partial charge in [-0.05, 0) is 36.8 Å². The maximum Gasteiger partial charge on any atom is 0.284 e. The number of amides is 1. The van der Waals surface area contributed by atoms with Gasteiger partial charge in [0, 0.05) is 29.2 Å². The molecule has 9 heteroatoms. The zero-order valence-corrected chi connectivity index (χ0v) is 16.8. The number of rotatable bonds is 7. The number of aryl methyl sites for hydroxylation is 1. The van der Waals surface area contributed by atoms with Crippen LogP contribution in [0.4, 0.5) is 5.69 Å². The molecule has 0 spiro atoms. The van der Waals surface area contributed by atoms with E-state index in [1.165, 1.54) is 29.2 Å². The number of carbonyl (C=O) groups excluding carboxylic acids is 1. The molecule has 28 heavy (non-hydrogen) atoms. The van der Waals surface area contributed by atoms with E-state index < -0.39 is 4.92 Å². The number of nitro benzene ring substituents is 1. The molecule has 3 aromatic rings. The standard InChI is InChI=1S/C19H17N3O4S2/c1-12-11-27-19(21-12)28-17-7-6-14(9-16(17)22(24)25)18(23)20-10-13-4-3-5-15(8-13)26-2/h3-9,11H,10H2,1-2H3,(H,20,23). The highest BCUT2D eigenvalue weighted by molar-refractivity contribution is 8.01. The third-order valence-corrected chi connectivity index (χ3v) is 5.92. The van der Waals surface area contributed by atoms with E-state index in [0.717, 1.165) is 15.6 Å². The Kier molecular flexibility index (Phi) is 6.27. The van der Waals surface area contributed by atoms with Gasteiger partial charge >= 0.3 is 0 Å². The number of nitrogens with one attached hydrogen (secondary N) is 1. The van der Waals surface area contributed by atoms with Gasteiger partial charge in [-0.1, -0.05) is 23.9 Å². The zero-order valence-electron chi connectivity index (χ0n) is 15.2. The van der Waals surface area contributed by atoms with E-state index in [1.54, 1.807) is 19.2 Å². The molecule has 0 unspecified atom stereocenters. The molecule has 0 saturated heterocycles. The van der Waals surface area contributed by atoms with Gasteiger partial charge in [-0.25, -0.2) is 4.98 Å². The van der Waals surface area contributed by atoms with Crippen LogP contribution in [0.1, 0.15) is 21.6 Å². The highest BCUT2D eigenvalue weighted by Crippen LogP contribution is 2.36. The van der Waals surface area contributed by atoms with Crippen LogP contribution in [0, 0.1) is 17.0 Å². The molecule has 0 aliphatic heterocycles. The largest absolute Gasteiger partial charge is 0.497 e. The van der Waals surface area contributed by atoms with Crippen LogP contribution in [0.15, 0.2) is 57.1 Å². The van der Waals surface area contributed by atoms with Crippen LogP contribution in [0.2, 0.25) is 0 Å². The van der Waals surface area contributed by atoms with E-state index in [-0.39, 0.29) is 17.2 Å². The van der Waals surface area contributed by atoms with E-state index in [1.807, 2.05) is 36.6 Å². The molecular weight excluding hydrogens is 398 g/mol. The minimum absolute atomic E-state index is 0.119. The van der Waals surface area contributed by atoms with E-state index in [2.05, 4.69) is 10.3 Å². The first kappa shape index (κ1) is 19.8. The Hall–Kier alpha value is -2.91. The molecule has 2 aromatic carbocycles. The summed E-state index contributed by atoms with van der Waals surface area (Å²) in [6, 6.07) is 11.8. The van der Waals surface area contributed by atoms with Crippen LogP contribution in [0.5, 0.6) is 5.75 Å². The van der Waals surface area contributed by atoms with Crippen molar-refractivity contribution in [3.05, 3.63) is 74.8 Å². The lowest BCUT2D eigenvalue weighted by Crippen LogP contribution is -2.22. The van der Waals surface area contributed by atoms with E-state index in [0.29, 0.717) is 17.2 Å². The van der Waals surface area contributed by atoms with Crippen molar-refractivity contribution in [1.82, 2.24) is 10.3 Å². The molecule has 0 radical (unpaired) electrons. The summed E-state index contributed by atoms with van der Waals surface area (Å²) in [4.78, 5) is 28.2. The van der Waals surface area contributed by atoms with Crippen LogP contribution in [0.25, 0.3) is 0 Å². The van der Waals surface area contributed by atoms with Crippen molar-refractivity contribution in [1.29, 1.82) is 0 Å². The number of benzene rings is 2. The lowest BCUT2D eigenvalue weighted by Gasteiger charge is -2.08. The molecule has 1 heterocycles. The van der Waals surface area contributed by atoms with E-state index in [9.17, 15) is 14.9 Å². The van der Waals surface area contributed by atoms with Crippen molar-refractivity contribution >= 4 is 34.7 Å². The molecule has 1 amide bonds. The number of thiazole rings is 1. The lowest BCUT2D eigenvalue weighted by atomic mass is 10.1. The minimum atomic E-state index is -0.484. The first-order valence-corrected chi connectivity index (χ1v) is 9.95. The number of carbonyl (C=O) groups is 1. The summed E-state index contributed by atoms with van der Waals surface area (Å²) in [6.45, 7) is 2.16. The number of ether oxygens (including phenoxy) is 1. The highest BCUT2D eigenvalue weighted by atomic mass is 32.2. The summed E-state index contributed by atoms with van der Waals surface area (Å²) < 4.78 is 5.88. The normalized spacial score (nSPS) is 10.5. The maximum absolute atomic E-state index is 12.4. The summed E-state index contributed by atoms with van der Waals surface area (Å²) in [5.74, 6) is 0.314. The molecule has 3 rings (SSSR count). The van der Waals surface area contributed by atoms with Gasteiger partial charge in [0.15, 0.2) is 4.34 Å². The molecule has 144 valence electrons. The van der Waals surface area contributed by atoms with Crippen LogP contribution < -0.4 is 10.1 Å². The Balaban J connectivity index is 1.74. The Morgan fingerprint density at radius 3 is 2.82 bits per heavy atom. The summed E-state index contributed by atoms with van der Waals surface area (Å²) >= 11 is 2.64. The summed E-state index contributed by atoms with van der Waals surface area (Å²) in [7, 11) is 1.57. The van der Waals surface area contributed by atoms with Gasteiger partial charge in [-0.3, -0.25) is 14.9 Å². The third-order valence-electron chi connectivity index (χ3n) is 3.80. The number of methoxy groups -OCH3 is 1. The fourth-order valence-electron chi connectivity index (χ4n) is 2.43. The Labute approximate surface area is 169 Å². The van der Waals surface area contributed by atoms with Crippen molar-refractivity contribution in [2.75, 3.05) is 7.11 Å². The Morgan fingerprint density at radius 2 is 2.14 bits per heavy atom. The first-order valence-electron chi connectivity index (χ1n) is 8.26. The minimum Gasteiger partial charge on any atom is -0.497 e. The van der Waals surface area contributed by atoms with Crippen LogP contribution in [0.3, 0.4) is 0 Å². The topological polar surface area (TPSA) is 94.4 Å². The van der Waals surface area contributed by atoms with Crippen molar-refractivity contribution in [2.24, 2.45) is 0 Å². The lowest BCUT2D eigenvalue weighted by molar-refractivity contribution is -0.387. The van der Waals surface area contributed by atoms with Gasteiger partial charge in [0.2, 0.25) is 0 Å². The fourth-order valence-corrected chi connectivity index (χ4v) is 4.31. The van der Waals surface area contributed by atoms with E-state index >= 15 is 0 Å². The molecule has 7 nitrogen and oxygen atoms in total. The number of hydrogen-bond acceptors (Lipinski definition) is 7. The fraction of sp³-hybridized carbons (Fsp3) is 0.158. The Bertz CT molecular complexity index is 1020. The molecule has 0 saturated carbocycles. The molecule has 0 bridgehead atoms. The van der Waals surface area contributed by atoms with Crippen molar-refractivity contribution in [3.8, 4) is 5.75 Å². The van der Waals surface area contributed by atoms with Gasteiger partial charge in [-0.2, -0.15) is 0 Å². The average Bonchev–Trinajstić information content (AvgIpc) is 3.11. The number of nitro groups is 1. The smallest absolute Gasteiger partial charge is 0.284 e. The number of nitrogens with zero attached hydrogens (tertiary/aromatic N) is 2. The average molecular weight is 415 g/mol. The maximum atomic E-state index is 12.4. The summed E-state index contributed by atoms with van der Waals surface area (Å²) in [5.41, 5.74) is 1.85. The van der Waals surface area contributed by atoms with Gasteiger partial charge in [-0.15, -0.1) is 11.3 Å². The molecule has 0 fully saturated rings. The molecule has 1 N–H and O–H groups in total. The monoisotopic (exact) mass is 415 g/mol. The molecule has 0 atom stereocenters. The summed E-state index contributed by atoms with van der Waals surface area (Å²) in [5, 5.41) is 16.1. The number of hydrogen-bond donors (Lipinski definition) is 1. The van der Waals surface area contributed by atoms with Crippen molar-refractivity contribution in [3.63, 3.8) is 0 Å². The SMILES string of the molecule is COc1cccc(CNC(=O)c2ccc(Sc3nc(C)cs3)c([N+](=O)[O-])c2)c1. The van der Waals surface area contributed by atoms with Gasteiger partial charge in [0.25, 0.3) is 11.6 Å². The quantitative estimate of drug-likeness (QED) is 0.453. The van der Waals surface area contributed by atoms with Crippen molar-refractivity contribution < 1.29 is 14.5 Å². The predicted molar refractivity (Wildman–Crippen MR) is 108 cm³/mol. The molecule has 0 aliphatic carbocycles. The first-order chi connectivity index (χ1) is 13.5. The van der Waals surface area contributed by atoms with Gasteiger partial charge in [0.1, 0.15) is 5.75 Å².